The summed E-state index contributed by atoms with van der Waals surface area (Å²) in [5, 5.41) is 9.08. The number of anilines is 1. The third-order valence-corrected chi connectivity index (χ3v) is 2.72. The Morgan fingerprint density at radius 2 is 2.30 bits per heavy atom. The lowest BCUT2D eigenvalue weighted by Gasteiger charge is -2.03. The molecule has 20 heavy (non-hydrogen) atoms. The van der Waals surface area contributed by atoms with Gasteiger partial charge in [0.05, 0.1) is 6.61 Å². The molecular formula is C14H18N4O2. The average Bonchev–Trinajstić information content (AvgIpc) is 2.84. The van der Waals surface area contributed by atoms with Crippen molar-refractivity contribution < 1.29 is 9.53 Å². The average molecular weight is 274 g/mol. The fraction of sp³-hybridized carbons (Fsp3) is 0.357. The highest BCUT2D eigenvalue weighted by molar-refractivity contribution is 5.89. The molecule has 0 bridgehead atoms. The quantitative estimate of drug-likeness (QED) is 0.845. The smallest absolute Gasteiger partial charge is 0.337 e. The number of aromatic nitrogens is 3. The van der Waals surface area contributed by atoms with Crippen molar-refractivity contribution in [1.82, 2.24) is 15.2 Å². The number of H-pyrrole nitrogens is 1. The van der Waals surface area contributed by atoms with Gasteiger partial charge >= 0.3 is 6.01 Å². The fourth-order valence-corrected chi connectivity index (χ4v) is 1.82. The van der Waals surface area contributed by atoms with Crippen LogP contribution in [-0.2, 0) is 11.2 Å². The van der Waals surface area contributed by atoms with E-state index in [1.54, 1.807) is 0 Å². The van der Waals surface area contributed by atoms with Crippen LogP contribution in [0, 0.1) is 6.92 Å². The van der Waals surface area contributed by atoms with Crippen molar-refractivity contribution in [1.29, 1.82) is 0 Å². The minimum absolute atomic E-state index is 0.106. The number of carbonyl (C=O) groups excluding carboxylic acids is 1. The fourth-order valence-electron chi connectivity index (χ4n) is 1.82. The van der Waals surface area contributed by atoms with E-state index in [2.05, 4.69) is 26.6 Å². The zero-order valence-corrected chi connectivity index (χ0v) is 11.6. The summed E-state index contributed by atoms with van der Waals surface area (Å²) in [5.74, 6) is 0.202. The molecule has 0 spiro atoms. The van der Waals surface area contributed by atoms with Gasteiger partial charge in [0.1, 0.15) is 0 Å². The number of nitrogens with zero attached hydrogens (tertiary/aromatic N) is 2. The number of aryl methyl sites for hydroxylation is 2. The summed E-state index contributed by atoms with van der Waals surface area (Å²) < 4.78 is 5.11. The Morgan fingerprint density at radius 3 is 3.05 bits per heavy atom. The van der Waals surface area contributed by atoms with Crippen LogP contribution in [0.5, 0.6) is 6.01 Å². The molecule has 2 rings (SSSR count). The number of carbonyl (C=O) groups is 1. The molecule has 0 saturated heterocycles. The first-order chi connectivity index (χ1) is 9.67. The van der Waals surface area contributed by atoms with Crippen molar-refractivity contribution >= 4 is 11.9 Å². The number of amides is 1. The lowest BCUT2D eigenvalue weighted by Crippen LogP contribution is -2.13. The van der Waals surface area contributed by atoms with Crippen molar-refractivity contribution in [3.8, 4) is 6.01 Å². The van der Waals surface area contributed by atoms with Crippen LogP contribution in [-0.4, -0.2) is 27.7 Å². The predicted molar refractivity (Wildman–Crippen MR) is 75.7 cm³/mol. The van der Waals surface area contributed by atoms with E-state index >= 15 is 0 Å². The van der Waals surface area contributed by atoms with Gasteiger partial charge < -0.3 is 4.74 Å². The van der Waals surface area contributed by atoms with Gasteiger partial charge in [-0.2, -0.15) is 4.98 Å². The van der Waals surface area contributed by atoms with Gasteiger partial charge in [-0.1, -0.05) is 29.8 Å². The number of aromatic amines is 1. The molecule has 0 aliphatic carbocycles. The van der Waals surface area contributed by atoms with Crippen LogP contribution in [0.3, 0.4) is 0 Å². The molecule has 0 aliphatic rings. The van der Waals surface area contributed by atoms with E-state index in [0.29, 0.717) is 25.4 Å². The largest absolute Gasteiger partial charge is 0.463 e. The van der Waals surface area contributed by atoms with E-state index in [4.69, 9.17) is 4.74 Å². The van der Waals surface area contributed by atoms with E-state index in [1.165, 1.54) is 5.56 Å². The monoisotopic (exact) mass is 274 g/mol. The molecule has 106 valence electrons. The molecule has 0 fully saturated rings. The molecule has 0 saturated carbocycles. The molecule has 1 heterocycles. The van der Waals surface area contributed by atoms with E-state index < -0.39 is 0 Å². The lowest BCUT2D eigenvalue weighted by molar-refractivity contribution is -0.116. The number of rotatable bonds is 6. The van der Waals surface area contributed by atoms with Gasteiger partial charge in [-0.15, -0.1) is 5.10 Å². The second-order valence-corrected chi connectivity index (χ2v) is 4.44. The van der Waals surface area contributed by atoms with Crippen LogP contribution in [0.4, 0.5) is 5.95 Å². The summed E-state index contributed by atoms with van der Waals surface area (Å²) in [6, 6.07) is 8.36. The Morgan fingerprint density at radius 1 is 1.45 bits per heavy atom. The summed E-state index contributed by atoms with van der Waals surface area (Å²) in [4.78, 5) is 15.8. The van der Waals surface area contributed by atoms with Crippen LogP contribution in [0.1, 0.15) is 24.5 Å². The molecule has 1 aromatic carbocycles. The van der Waals surface area contributed by atoms with Gasteiger partial charge in [-0.3, -0.25) is 10.1 Å². The summed E-state index contributed by atoms with van der Waals surface area (Å²) in [5.41, 5.74) is 2.34. The van der Waals surface area contributed by atoms with Gasteiger partial charge in [-0.25, -0.2) is 5.10 Å². The standard InChI is InChI=1S/C14H18N4O2/c1-3-20-14-16-13(17-18-14)15-12(19)8-7-11-6-4-5-10(2)9-11/h4-6,9H,3,7-8H2,1-2H3,(H2,15,16,17,18,19). The normalized spacial score (nSPS) is 10.3. The Kier molecular flexibility index (Phi) is 4.70. The first kappa shape index (κ1) is 14.0. The highest BCUT2D eigenvalue weighted by Gasteiger charge is 2.08. The summed E-state index contributed by atoms with van der Waals surface area (Å²) in [7, 11) is 0. The summed E-state index contributed by atoms with van der Waals surface area (Å²) in [6.07, 6.45) is 1.09. The molecule has 2 N–H and O–H groups in total. The molecule has 0 unspecified atom stereocenters. The second kappa shape index (κ2) is 6.70. The Hall–Kier alpha value is -2.37. The number of hydrogen-bond acceptors (Lipinski definition) is 4. The summed E-state index contributed by atoms with van der Waals surface area (Å²) >= 11 is 0. The van der Waals surface area contributed by atoms with Gasteiger partial charge in [0.15, 0.2) is 0 Å². The molecule has 6 heteroatoms. The molecule has 6 nitrogen and oxygen atoms in total. The van der Waals surface area contributed by atoms with Gasteiger partial charge in [0.25, 0.3) is 0 Å². The van der Waals surface area contributed by atoms with Crippen LogP contribution < -0.4 is 10.1 Å². The zero-order chi connectivity index (χ0) is 14.4. The Labute approximate surface area is 117 Å². The molecule has 1 aromatic heterocycles. The van der Waals surface area contributed by atoms with E-state index in [9.17, 15) is 4.79 Å². The summed E-state index contributed by atoms with van der Waals surface area (Å²) in [6.45, 7) is 4.36. The van der Waals surface area contributed by atoms with Crippen molar-refractivity contribution in [2.45, 2.75) is 26.7 Å². The Bertz CT molecular complexity index is 580. The second-order valence-electron chi connectivity index (χ2n) is 4.44. The predicted octanol–water partition coefficient (Wildman–Crippen LogP) is 2.08. The SMILES string of the molecule is CCOc1n[nH]c(NC(=O)CCc2cccc(C)c2)n1. The van der Waals surface area contributed by atoms with Crippen molar-refractivity contribution in [2.24, 2.45) is 0 Å². The van der Waals surface area contributed by atoms with E-state index in [1.807, 2.05) is 32.0 Å². The molecule has 0 aliphatic heterocycles. The number of benzene rings is 1. The zero-order valence-electron chi connectivity index (χ0n) is 11.6. The van der Waals surface area contributed by atoms with Gasteiger partial charge in [0, 0.05) is 6.42 Å². The minimum atomic E-state index is -0.106. The van der Waals surface area contributed by atoms with Crippen LogP contribution in [0.2, 0.25) is 0 Å². The van der Waals surface area contributed by atoms with Crippen molar-refractivity contribution in [3.05, 3.63) is 35.4 Å². The van der Waals surface area contributed by atoms with Crippen molar-refractivity contribution in [3.63, 3.8) is 0 Å². The first-order valence-electron chi connectivity index (χ1n) is 6.58. The molecule has 0 atom stereocenters. The molecule has 2 aromatic rings. The molecule has 0 radical (unpaired) electrons. The van der Waals surface area contributed by atoms with Gasteiger partial charge in [-0.05, 0) is 25.8 Å². The Balaban J connectivity index is 1.82. The molecule has 1 amide bonds. The third kappa shape index (κ3) is 4.08. The van der Waals surface area contributed by atoms with Crippen LogP contribution in [0.25, 0.3) is 0 Å². The molecular weight excluding hydrogens is 256 g/mol. The number of ether oxygens (including phenoxy) is 1. The van der Waals surface area contributed by atoms with Crippen LogP contribution in [0.15, 0.2) is 24.3 Å². The maximum Gasteiger partial charge on any atom is 0.337 e. The maximum absolute atomic E-state index is 11.8. The number of hydrogen-bond donors (Lipinski definition) is 2. The maximum atomic E-state index is 11.8. The number of nitrogens with one attached hydrogen (secondary N) is 2. The van der Waals surface area contributed by atoms with E-state index in [-0.39, 0.29) is 11.9 Å². The highest BCUT2D eigenvalue weighted by atomic mass is 16.5. The first-order valence-corrected chi connectivity index (χ1v) is 6.58. The van der Waals surface area contributed by atoms with E-state index in [0.717, 1.165) is 5.56 Å². The van der Waals surface area contributed by atoms with Crippen LogP contribution >= 0.6 is 0 Å². The highest BCUT2D eigenvalue weighted by Crippen LogP contribution is 2.09. The van der Waals surface area contributed by atoms with Crippen molar-refractivity contribution in [2.75, 3.05) is 11.9 Å². The minimum Gasteiger partial charge on any atom is -0.463 e. The topological polar surface area (TPSA) is 79.9 Å². The lowest BCUT2D eigenvalue weighted by atomic mass is 10.1. The van der Waals surface area contributed by atoms with Gasteiger partial charge in [0.2, 0.25) is 11.9 Å². The third-order valence-electron chi connectivity index (χ3n) is 2.72.